The molecule has 1 atom stereocenters. The number of anilines is 1. The van der Waals surface area contributed by atoms with Crippen molar-refractivity contribution in [1.29, 1.82) is 0 Å². The Morgan fingerprint density at radius 1 is 1.33 bits per heavy atom. The normalized spacial score (nSPS) is 15.5. The summed E-state index contributed by atoms with van der Waals surface area (Å²) in [6.07, 6.45) is 3.25. The molecule has 1 unspecified atom stereocenters. The van der Waals surface area contributed by atoms with E-state index in [0.717, 1.165) is 11.4 Å². The minimum absolute atomic E-state index is 0.182. The summed E-state index contributed by atoms with van der Waals surface area (Å²) in [6.45, 7) is 1.86. The number of aromatic nitrogens is 2. The van der Waals surface area contributed by atoms with Gasteiger partial charge in [-0.2, -0.15) is 0 Å². The smallest absolute Gasteiger partial charge is 0.321 e. The van der Waals surface area contributed by atoms with E-state index < -0.39 is 0 Å². The molecule has 0 aliphatic heterocycles. The number of carbonyl (C=O) groups is 1. The van der Waals surface area contributed by atoms with Crippen molar-refractivity contribution in [1.82, 2.24) is 15.5 Å². The van der Waals surface area contributed by atoms with Gasteiger partial charge >= 0.3 is 6.03 Å². The number of hydrogen-bond acceptors (Lipinski definition) is 4. The van der Waals surface area contributed by atoms with Gasteiger partial charge in [-0.3, -0.25) is 5.32 Å². The van der Waals surface area contributed by atoms with E-state index in [4.69, 9.17) is 0 Å². The number of nitrogens with one attached hydrogen (secondary N) is 2. The number of benzene rings is 1. The third-order valence-corrected chi connectivity index (χ3v) is 4.31. The van der Waals surface area contributed by atoms with Gasteiger partial charge in [0.2, 0.25) is 5.13 Å². The van der Waals surface area contributed by atoms with Crippen molar-refractivity contribution in [3.63, 3.8) is 0 Å². The molecule has 3 rings (SSSR count). The Hall–Kier alpha value is -1.95. The Balaban J connectivity index is 1.58. The van der Waals surface area contributed by atoms with Gasteiger partial charge in [0.05, 0.1) is 0 Å². The van der Waals surface area contributed by atoms with Crippen molar-refractivity contribution in [2.75, 3.05) is 5.32 Å². The van der Waals surface area contributed by atoms with Gasteiger partial charge in [-0.1, -0.05) is 41.7 Å². The predicted octanol–water partition coefficient (Wildman–Crippen LogP) is 2.99. The number of hydrogen-bond donors (Lipinski definition) is 2. The van der Waals surface area contributed by atoms with Crippen LogP contribution in [0.15, 0.2) is 30.3 Å². The quantitative estimate of drug-likeness (QED) is 0.892. The highest BCUT2D eigenvalue weighted by molar-refractivity contribution is 7.15. The molecule has 0 radical (unpaired) electrons. The monoisotopic (exact) mass is 302 g/mol. The average Bonchev–Trinajstić information content (AvgIpc) is 3.23. The zero-order valence-corrected chi connectivity index (χ0v) is 12.7. The van der Waals surface area contributed by atoms with Crippen LogP contribution in [0.4, 0.5) is 9.93 Å². The van der Waals surface area contributed by atoms with E-state index in [9.17, 15) is 4.79 Å². The van der Waals surface area contributed by atoms with Gasteiger partial charge < -0.3 is 5.32 Å². The van der Waals surface area contributed by atoms with Gasteiger partial charge in [0.1, 0.15) is 5.01 Å². The van der Waals surface area contributed by atoms with E-state index in [0.29, 0.717) is 11.0 Å². The van der Waals surface area contributed by atoms with Crippen molar-refractivity contribution in [2.45, 2.75) is 32.2 Å². The molecule has 1 aliphatic carbocycles. The molecular formula is C15H18N4OS. The second kappa shape index (κ2) is 6.22. The molecule has 2 N–H and O–H groups in total. The van der Waals surface area contributed by atoms with E-state index >= 15 is 0 Å². The van der Waals surface area contributed by atoms with Crippen LogP contribution in [0.3, 0.4) is 0 Å². The minimum atomic E-state index is -0.195. The maximum Gasteiger partial charge on any atom is 0.321 e. The first kappa shape index (κ1) is 14.0. The Labute approximate surface area is 127 Å². The Morgan fingerprint density at radius 3 is 2.71 bits per heavy atom. The molecule has 1 aromatic heterocycles. The molecule has 2 aromatic rings. The summed E-state index contributed by atoms with van der Waals surface area (Å²) in [6, 6.07) is 10.3. The minimum Gasteiger partial charge on any atom is -0.334 e. The maximum atomic E-state index is 12.1. The molecular weight excluding hydrogens is 284 g/mol. The summed E-state index contributed by atoms with van der Waals surface area (Å²) in [5, 5.41) is 15.0. The molecule has 1 saturated carbocycles. The molecule has 0 spiro atoms. The van der Waals surface area contributed by atoms with E-state index in [-0.39, 0.29) is 12.1 Å². The van der Waals surface area contributed by atoms with Gasteiger partial charge in [-0.25, -0.2) is 4.79 Å². The van der Waals surface area contributed by atoms with Gasteiger partial charge in [0, 0.05) is 6.04 Å². The lowest BCUT2D eigenvalue weighted by atomic mass is 10.0. The van der Waals surface area contributed by atoms with Gasteiger partial charge in [-0.15, -0.1) is 10.2 Å². The SMILES string of the molecule is Cc1nnc(NC(=O)NC(Cc2ccccc2)C2CC2)s1. The third kappa shape index (κ3) is 4.01. The highest BCUT2D eigenvalue weighted by atomic mass is 32.1. The first-order valence-electron chi connectivity index (χ1n) is 7.12. The number of amides is 2. The fourth-order valence-electron chi connectivity index (χ4n) is 2.35. The second-order valence-electron chi connectivity index (χ2n) is 5.36. The van der Waals surface area contributed by atoms with E-state index in [1.54, 1.807) is 0 Å². The van der Waals surface area contributed by atoms with Crippen LogP contribution in [0.5, 0.6) is 0 Å². The topological polar surface area (TPSA) is 66.9 Å². The number of rotatable bonds is 5. The van der Waals surface area contributed by atoms with Crippen LogP contribution in [0.1, 0.15) is 23.4 Å². The van der Waals surface area contributed by atoms with Crippen molar-refractivity contribution in [3.8, 4) is 0 Å². The summed E-state index contributed by atoms with van der Waals surface area (Å²) in [4.78, 5) is 12.1. The lowest BCUT2D eigenvalue weighted by Gasteiger charge is -2.18. The van der Waals surface area contributed by atoms with Gasteiger partial charge in [0.15, 0.2) is 0 Å². The molecule has 0 bridgehead atoms. The van der Waals surface area contributed by atoms with Crippen LogP contribution in [0, 0.1) is 12.8 Å². The summed E-state index contributed by atoms with van der Waals surface area (Å²) in [5.74, 6) is 0.590. The molecule has 1 aromatic carbocycles. The number of carbonyl (C=O) groups excluding carboxylic acids is 1. The first-order valence-corrected chi connectivity index (χ1v) is 7.94. The standard InChI is InChI=1S/C15H18N4OS/c1-10-18-19-15(21-10)17-14(20)16-13(12-7-8-12)9-11-5-3-2-4-6-11/h2-6,12-13H,7-9H2,1H3,(H2,16,17,19,20). The molecule has 6 heteroatoms. The van der Waals surface area contributed by atoms with Crippen LogP contribution in [-0.2, 0) is 6.42 Å². The highest BCUT2D eigenvalue weighted by Crippen LogP contribution is 2.34. The molecule has 1 heterocycles. The van der Waals surface area contributed by atoms with Crippen molar-refractivity contribution < 1.29 is 4.79 Å². The Bertz CT molecular complexity index is 609. The van der Waals surface area contributed by atoms with Gasteiger partial charge in [-0.05, 0) is 37.7 Å². The zero-order chi connectivity index (χ0) is 14.7. The van der Waals surface area contributed by atoms with Crippen molar-refractivity contribution in [2.24, 2.45) is 5.92 Å². The molecule has 2 amide bonds. The largest absolute Gasteiger partial charge is 0.334 e. The van der Waals surface area contributed by atoms with Crippen LogP contribution in [0.25, 0.3) is 0 Å². The van der Waals surface area contributed by atoms with Crippen LogP contribution in [-0.4, -0.2) is 22.3 Å². The summed E-state index contributed by atoms with van der Waals surface area (Å²) < 4.78 is 0. The highest BCUT2D eigenvalue weighted by Gasteiger charge is 2.32. The Morgan fingerprint density at radius 2 is 2.10 bits per heavy atom. The number of aryl methyl sites for hydroxylation is 1. The van der Waals surface area contributed by atoms with Crippen LogP contribution in [0.2, 0.25) is 0 Å². The molecule has 1 fully saturated rings. The Kier molecular flexibility index (Phi) is 4.15. The summed E-state index contributed by atoms with van der Waals surface area (Å²) >= 11 is 1.38. The molecule has 21 heavy (non-hydrogen) atoms. The second-order valence-corrected chi connectivity index (χ2v) is 6.54. The zero-order valence-electron chi connectivity index (χ0n) is 11.9. The third-order valence-electron chi connectivity index (χ3n) is 3.55. The van der Waals surface area contributed by atoms with E-state index in [2.05, 4.69) is 33.0 Å². The fraction of sp³-hybridized carbons (Fsp3) is 0.400. The summed E-state index contributed by atoms with van der Waals surface area (Å²) in [5.41, 5.74) is 1.25. The average molecular weight is 302 g/mol. The van der Waals surface area contributed by atoms with Crippen molar-refractivity contribution in [3.05, 3.63) is 40.9 Å². The number of nitrogens with zero attached hydrogens (tertiary/aromatic N) is 2. The molecule has 1 aliphatic rings. The predicted molar refractivity (Wildman–Crippen MR) is 83.5 cm³/mol. The summed E-state index contributed by atoms with van der Waals surface area (Å²) in [7, 11) is 0. The van der Waals surface area contributed by atoms with E-state index in [1.165, 1.54) is 29.7 Å². The number of urea groups is 1. The molecule has 110 valence electrons. The van der Waals surface area contributed by atoms with E-state index in [1.807, 2.05) is 25.1 Å². The van der Waals surface area contributed by atoms with Crippen LogP contribution >= 0.6 is 11.3 Å². The maximum absolute atomic E-state index is 12.1. The molecule has 5 nitrogen and oxygen atoms in total. The lowest BCUT2D eigenvalue weighted by Crippen LogP contribution is -2.40. The lowest BCUT2D eigenvalue weighted by molar-refractivity contribution is 0.246. The fourth-order valence-corrected chi connectivity index (χ4v) is 2.94. The first-order chi connectivity index (χ1) is 10.2. The van der Waals surface area contributed by atoms with Gasteiger partial charge in [0.25, 0.3) is 0 Å². The molecule has 0 saturated heterocycles. The van der Waals surface area contributed by atoms with Crippen LogP contribution < -0.4 is 10.6 Å². The van der Waals surface area contributed by atoms with Crippen molar-refractivity contribution >= 4 is 22.5 Å².